The van der Waals surface area contributed by atoms with E-state index in [2.05, 4.69) is 9.97 Å². The fourth-order valence-corrected chi connectivity index (χ4v) is 3.83. The van der Waals surface area contributed by atoms with Crippen molar-refractivity contribution in [1.82, 2.24) is 19.3 Å². The van der Waals surface area contributed by atoms with E-state index in [0.717, 1.165) is 5.69 Å². The summed E-state index contributed by atoms with van der Waals surface area (Å²) in [6.07, 6.45) is 5.65. The number of pyridine rings is 2. The highest BCUT2D eigenvalue weighted by Gasteiger charge is 2.27. The van der Waals surface area contributed by atoms with Crippen LogP contribution in [0.2, 0.25) is 5.02 Å². The van der Waals surface area contributed by atoms with E-state index < -0.39 is 0 Å². The lowest BCUT2D eigenvalue weighted by molar-refractivity contribution is 0.0728. The predicted octanol–water partition coefficient (Wildman–Crippen LogP) is 2.66. The molecule has 0 bridgehead atoms. The number of aromatic nitrogens is 3. The molecule has 1 aliphatic rings. The Kier molecular flexibility index (Phi) is 4.42. The molecule has 0 aliphatic carbocycles. The molecular formula is C18H15ClN4O2S. The lowest BCUT2D eigenvalue weighted by atomic mass is 10.1. The van der Waals surface area contributed by atoms with Gasteiger partial charge in [-0.1, -0.05) is 11.6 Å². The molecule has 1 aliphatic heterocycles. The molecule has 4 heterocycles. The first-order chi connectivity index (χ1) is 12.6. The summed E-state index contributed by atoms with van der Waals surface area (Å²) in [7, 11) is 0. The summed E-state index contributed by atoms with van der Waals surface area (Å²) in [5.41, 5.74) is 2.23. The van der Waals surface area contributed by atoms with Gasteiger partial charge in [0, 0.05) is 25.4 Å². The zero-order chi connectivity index (χ0) is 18.3. The monoisotopic (exact) mass is 386 g/mol. The molecule has 0 atom stereocenters. The Morgan fingerprint density at radius 2 is 2.15 bits per heavy atom. The van der Waals surface area contributed by atoms with Crippen LogP contribution in [0.25, 0.3) is 5.65 Å². The molecule has 8 heteroatoms. The van der Waals surface area contributed by atoms with Crippen LogP contribution in [-0.2, 0) is 13.0 Å². The summed E-state index contributed by atoms with van der Waals surface area (Å²) < 4.78 is 1.44. The average Bonchev–Trinajstić information content (AvgIpc) is 2.68. The molecule has 6 nitrogen and oxygen atoms in total. The van der Waals surface area contributed by atoms with Crippen molar-refractivity contribution in [2.75, 3.05) is 12.8 Å². The van der Waals surface area contributed by atoms with Gasteiger partial charge < -0.3 is 4.90 Å². The highest BCUT2D eigenvalue weighted by atomic mass is 35.5. The van der Waals surface area contributed by atoms with Crippen LogP contribution in [0.4, 0.5) is 0 Å². The van der Waals surface area contributed by atoms with Crippen molar-refractivity contribution in [3.8, 4) is 0 Å². The Labute approximate surface area is 158 Å². The number of carbonyl (C=O) groups excluding carboxylic acids is 1. The molecule has 0 saturated heterocycles. The fraction of sp³-hybridized carbons (Fsp3) is 0.222. The molecule has 26 heavy (non-hydrogen) atoms. The summed E-state index contributed by atoms with van der Waals surface area (Å²) in [6, 6.07) is 6.95. The van der Waals surface area contributed by atoms with Gasteiger partial charge in [0.25, 0.3) is 11.5 Å². The van der Waals surface area contributed by atoms with Crippen molar-refractivity contribution >= 4 is 34.9 Å². The van der Waals surface area contributed by atoms with Gasteiger partial charge in [-0.15, -0.1) is 11.8 Å². The predicted molar refractivity (Wildman–Crippen MR) is 101 cm³/mol. The number of amides is 1. The number of thioether (sulfide) groups is 1. The van der Waals surface area contributed by atoms with E-state index in [9.17, 15) is 9.59 Å². The molecule has 0 fully saturated rings. The van der Waals surface area contributed by atoms with Gasteiger partial charge in [-0.05, 0) is 30.5 Å². The minimum Gasteiger partial charge on any atom is -0.334 e. The highest BCUT2D eigenvalue weighted by Crippen LogP contribution is 2.22. The summed E-state index contributed by atoms with van der Waals surface area (Å²) in [4.78, 5) is 36.3. The molecule has 3 aromatic rings. The van der Waals surface area contributed by atoms with E-state index >= 15 is 0 Å². The maximum atomic E-state index is 12.9. The van der Waals surface area contributed by atoms with E-state index in [1.807, 2.05) is 6.26 Å². The maximum Gasteiger partial charge on any atom is 0.263 e. The third kappa shape index (κ3) is 2.87. The van der Waals surface area contributed by atoms with E-state index in [1.54, 1.807) is 41.6 Å². The Morgan fingerprint density at radius 1 is 1.31 bits per heavy atom. The Hall–Kier alpha value is -2.38. The van der Waals surface area contributed by atoms with E-state index in [-0.39, 0.29) is 18.0 Å². The summed E-state index contributed by atoms with van der Waals surface area (Å²) in [6.45, 7) is 0.753. The first-order valence-corrected chi connectivity index (χ1v) is 9.66. The van der Waals surface area contributed by atoms with Crippen molar-refractivity contribution in [2.45, 2.75) is 18.0 Å². The van der Waals surface area contributed by atoms with Crippen LogP contribution in [0, 0.1) is 0 Å². The van der Waals surface area contributed by atoms with Gasteiger partial charge >= 0.3 is 0 Å². The average molecular weight is 387 g/mol. The molecular weight excluding hydrogens is 372 g/mol. The van der Waals surface area contributed by atoms with Crippen LogP contribution < -0.4 is 5.56 Å². The summed E-state index contributed by atoms with van der Waals surface area (Å²) >= 11 is 7.43. The maximum absolute atomic E-state index is 12.9. The minimum absolute atomic E-state index is 0.122. The van der Waals surface area contributed by atoms with Gasteiger partial charge in [0.15, 0.2) is 0 Å². The Morgan fingerprint density at radius 3 is 2.96 bits per heavy atom. The summed E-state index contributed by atoms with van der Waals surface area (Å²) in [5, 5.41) is 1.15. The molecule has 4 rings (SSSR count). The van der Waals surface area contributed by atoms with Crippen molar-refractivity contribution in [3.63, 3.8) is 0 Å². The van der Waals surface area contributed by atoms with Crippen molar-refractivity contribution in [1.29, 1.82) is 0 Å². The third-order valence-electron chi connectivity index (χ3n) is 4.42. The normalized spacial score (nSPS) is 13.7. The molecule has 0 saturated carbocycles. The highest BCUT2D eigenvalue weighted by molar-refractivity contribution is 7.98. The molecule has 0 radical (unpaired) electrons. The molecule has 3 aromatic heterocycles. The smallest absolute Gasteiger partial charge is 0.263 e. The van der Waals surface area contributed by atoms with Gasteiger partial charge in [-0.3, -0.25) is 14.0 Å². The van der Waals surface area contributed by atoms with Gasteiger partial charge in [0.1, 0.15) is 10.7 Å². The number of carbonyl (C=O) groups is 1. The fourth-order valence-electron chi connectivity index (χ4n) is 3.13. The van der Waals surface area contributed by atoms with E-state index in [0.29, 0.717) is 39.8 Å². The summed E-state index contributed by atoms with van der Waals surface area (Å²) in [5.74, 6) is -0.122. The lowest BCUT2D eigenvalue weighted by Gasteiger charge is -2.28. The van der Waals surface area contributed by atoms with Crippen LogP contribution in [0.3, 0.4) is 0 Å². The molecule has 0 aromatic carbocycles. The standard InChI is InChI=1S/C18H15ClN4O2S/c1-26-16-12(3-2-7-20-16)17(24)22-8-6-14-13(10-22)18(25)23-9-11(19)4-5-15(23)21-14/h2-5,7,9H,6,8,10H2,1H3. The number of hydrogen-bond acceptors (Lipinski definition) is 5. The zero-order valence-electron chi connectivity index (χ0n) is 14.0. The largest absolute Gasteiger partial charge is 0.334 e. The molecule has 0 unspecified atom stereocenters. The van der Waals surface area contributed by atoms with Crippen molar-refractivity contribution in [2.24, 2.45) is 0 Å². The van der Waals surface area contributed by atoms with Crippen LogP contribution >= 0.6 is 23.4 Å². The van der Waals surface area contributed by atoms with Crippen molar-refractivity contribution < 1.29 is 4.79 Å². The number of fused-ring (bicyclic) bond motifs is 2. The van der Waals surface area contributed by atoms with E-state index in [4.69, 9.17) is 11.6 Å². The third-order valence-corrected chi connectivity index (χ3v) is 5.35. The number of halogens is 1. The van der Waals surface area contributed by atoms with Crippen LogP contribution in [0.15, 0.2) is 46.5 Å². The van der Waals surface area contributed by atoms with Crippen LogP contribution in [0.1, 0.15) is 21.6 Å². The first-order valence-electron chi connectivity index (χ1n) is 8.06. The number of hydrogen-bond donors (Lipinski definition) is 0. The second kappa shape index (κ2) is 6.74. The van der Waals surface area contributed by atoms with E-state index in [1.165, 1.54) is 16.2 Å². The molecule has 0 N–H and O–H groups in total. The second-order valence-corrected chi connectivity index (χ2v) is 7.19. The minimum atomic E-state index is -0.179. The topological polar surface area (TPSA) is 67.6 Å². The van der Waals surface area contributed by atoms with Crippen molar-refractivity contribution in [3.05, 3.63) is 68.9 Å². The zero-order valence-corrected chi connectivity index (χ0v) is 15.5. The number of nitrogens with zero attached hydrogens (tertiary/aromatic N) is 4. The quantitative estimate of drug-likeness (QED) is 0.633. The molecule has 0 spiro atoms. The van der Waals surface area contributed by atoms with Gasteiger partial charge in [0.2, 0.25) is 0 Å². The van der Waals surface area contributed by atoms with Gasteiger partial charge in [-0.25, -0.2) is 9.97 Å². The molecule has 132 valence electrons. The van der Waals surface area contributed by atoms with Gasteiger partial charge in [-0.2, -0.15) is 0 Å². The molecule has 1 amide bonds. The Bertz CT molecular complexity index is 1080. The SMILES string of the molecule is CSc1ncccc1C(=O)N1CCc2nc3ccc(Cl)cn3c(=O)c2C1. The lowest BCUT2D eigenvalue weighted by Crippen LogP contribution is -2.40. The first kappa shape index (κ1) is 17.1. The number of rotatable bonds is 2. The van der Waals surface area contributed by atoms with Gasteiger partial charge in [0.05, 0.1) is 28.4 Å². The van der Waals surface area contributed by atoms with Crippen LogP contribution in [0.5, 0.6) is 0 Å². The Balaban J connectivity index is 1.73. The second-order valence-electron chi connectivity index (χ2n) is 5.95. The van der Waals surface area contributed by atoms with Crippen LogP contribution in [-0.4, -0.2) is 38.0 Å².